The molecule has 5 heteroatoms. The molecular weight excluding hydrogens is 430 g/mol. The topological polar surface area (TPSA) is 47.6 Å². The van der Waals surface area contributed by atoms with Gasteiger partial charge in [-0.25, -0.2) is 0 Å². The Balaban J connectivity index is 1.24. The van der Waals surface area contributed by atoms with Crippen LogP contribution < -0.4 is 14.8 Å². The van der Waals surface area contributed by atoms with Crippen molar-refractivity contribution in [1.82, 2.24) is 5.32 Å². The van der Waals surface area contributed by atoms with Crippen molar-refractivity contribution >= 4 is 43.4 Å². The molecule has 0 unspecified atom stereocenters. The van der Waals surface area contributed by atoms with Gasteiger partial charge in [-0.05, 0) is 55.7 Å². The third-order valence-corrected chi connectivity index (χ3v) is 5.42. The molecule has 4 aromatic rings. The van der Waals surface area contributed by atoms with Crippen LogP contribution in [0.5, 0.6) is 11.5 Å². The normalized spacial score (nSPS) is 10.8. The lowest BCUT2D eigenvalue weighted by molar-refractivity contribution is -0.123. The van der Waals surface area contributed by atoms with E-state index in [2.05, 4.69) is 27.3 Å². The lowest BCUT2D eigenvalue weighted by Crippen LogP contribution is -2.32. The highest BCUT2D eigenvalue weighted by molar-refractivity contribution is 9.10. The van der Waals surface area contributed by atoms with Crippen molar-refractivity contribution in [3.63, 3.8) is 0 Å². The van der Waals surface area contributed by atoms with Crippen LogP contribution in [0, 0.1) is 0 Å². The van der Waals surface area contributed by atoms with E-state index in [1.165, 1.54) is 5.39 Å². The summed E-state index contributed by atoms with van der Waals surface area (Å²) in [4.78, 5) is 12.1. The Kier molecular flexibility index (Phi) is 5.96. The summed E-state index contributed by atoms with van der Waals surface area (Å²) in [5, 5.41) is 7.28. The lowest BCUT2D eigenvalue weighted by Gasteiger charge is -2.11. The Bertz CT molecular complexity index is 1160. The van der Waals surface area contributed by atoms with Crippen molar-refractivity contribution in [3.8, 4) is 11.5 Å². The standard InChI is InChI=1S/C24H20BrNO3/c25-24-21-8-4-3-6-18(21)10-12-22(24)29-16-23(27)26-13-14-28-20-11-9-17-5-1-2-7-19(17)15-20/h1-12,15H,13-14,16H2,(H,26,27). The van der Waals surface area contributed by atoms with Crippen LogP contribution in [-0.2, 0) is 4.79 Å². The summed E-state index contributed by atoms with van der Waals surface area (Å²) in [5.74, 6) is 1.24. The monoisotopic (exact) mass is 449 g/mol. The first-order valence-corrected chi connectivity index (χ1v) is 10.2. The van der Waals surface area contributed by atoms with E-state index in [0.29, 0.717) is 18.9 Å². The minimum Gasteiger partial charge on any atom is -0.492 e. The maximum atomic E-state index is 12.1. The first-order chi connectivity index (χ1) is 14.2. The molecule has 0 heterocycles. The molecule has 0 spiro atoms. The molecule has 0 aliphatic rings. The Labute approximate surface area is 177 Å². The molecule has 1 amide bonds. The Morgan fingerprint density at radius 2 is 1.55 bits per heavy atom. The third-order valence-electron chi connectivity index (χ3n) is 4.60. The van der Waals surface area contributed by atoms with Gasteiger partial charge in [0.25, 0.3) is 5.91 Å². The van der Waals surface area contributed by atoms with E-state index < -0.39 is 0 Å². The van der Waals surface area contributed by atoms with Crippen LogP contribution in [0.2, 0.25) is 0 Å². The minimum absolute atomic E-state index is 0.0487. The average molecular weight is 450 g/mol. The molecule has 1 N–H and O–H groups in total. The number of ether oxygens (including phenoxy) is 2. The molecule has 4 aromatic carbocycles. The van der Waals surface area contributed by atoms with Crippen molar-refractivity contribution < 1.29 is 14.3 Å². The number of carbonyl (C=O) groups is 1. The van der Waals surface area contributed by atoms with E-state index in [4.69, 9.17) is 9.47 Å². The second-order valence-corrected chi connectivity index (χ2v) is 7.39. The number of halogens is 1. The first-order valence-electron chi connectivity index (χ1n) is 9.39. The highest BCUT2D eigenvalue weighted by atomic mass is 79.9. The molecule has 4 rings (SSSR count). The molecule has 0 saturated carbocycles. The van der Waals surface area contributed by atoms with Gasteiger partial charge in [0.1, 0.15) is 18.1 Å². The Morgan fingerprint density at radius 1 is 0.828 bits per heavy atom. The summed E-state index contributed by atoms with van der Waals surface area (Å²) in [7, 11) is 0. The number of hydrogen-bond acceptors (Lipinski definition) is 3. The number of amides is 1. The summed E-state index contributed by atoms with van der Waals surface area (Å²) in [6, 6.07) is 25.9. The molecule has 0 radical (unpaired) electrons. The summed E-state index contributed by atoms with van der Waals surface area (Å²) in [6.45, 7) is 0.755. The second kappa shape index (κ2) is 8.97. The Hall–Kier alpha value is -3.05. The molecule has 0 bridgehead atoms. The second-order valence-electron chi connectivity index (χ2n) is 6.59. The molecule has 0 aliphatic carbocycles. The van der Waals surface area contributed by atoms with E-state index in [0.717, 1.165) is 26.4 Å². The van der Waals surface area contributed by atoms with Gasteiger partial charge >= 0.3 is 0 Å². The molecule has 0 saturated heterocycles. The van der Waals surface area contributed by atoms with Crippen LogP contribution in [0.4, 0.5) is 0 Å². The number of nitrogens with one attached hydrogen (secondary N) is 1. The van der Waals surface area contributed by atoms with Crippen LogP contribution in [0.25, 0.3) is 21.5 Å². The van der Waals surface area contributed by atoms with E-state index in [9.17, 15) is 4.79 Å². The zero-order valence-corrected chi connectivity index (χ0v) is 17.3. The number of rotatable bonds is 7. The van der Waals surface area contributed by atoms with Crippen LogP contribution in [-0.4, -0.2) is 25.7 Å². The van der Waals surface area contributed by atoms with Crippen LogP contribution in [0.1, 0.15) is 0 Å². The fourth-order valence-electron chi connectivity index (χ4n) is 3.14. The Morgan fingerprint density at radius 3 is 2.41 bits per heavy atom. The summed E-state index contributed by atoms with van der Waals surface area (Å²) >= 11 is 3.56. The third kappa shape index (κ3) is 4.69. The fourth-order valence-corrected chi connectivity index (χ4v) is 3.74. The van der Waals surface area contributed by atoms with Gasteiger partial charge in [0, 0.05) is 0 Å². The summed E-state index contributed by atoms with van der Waals surface area (Å²) in [5.41, 5.74) is 0. The molecule has 0 atom stereocenters. The van der Waals surface area contributed by atoms with Gasteiger partial charge < -0.3 is 14.8 Å². The van der Waals surface area contributed by atoms with E-state index in [1.807, 2.05) is 72.8 Å². The lowest BCUT2D eigenvalue weighted by atomic mass is 10.1. The van der Waals surface area contributed by atoms with Crippen molar-refractivity contribution in [2.75, 3.05) is 19.8 Å². The zero-order chi connectivity index (χ0) is 20.1. The van der Waals surface area contributed by atoms with Crippen molar-refractivity contribution in [2.45, 2.75) is 0 Å². The maximum absolute atomic E-state index is 12.1. The molecule has 0 aliphatic heterocycles. The highest BCUT2D eigenvalue weighted by Gasteiger charge is 2.08. The van der Waals surface area contributed by atoms with Gasteiger partial charge in [-0.1, -0.05) is 60.7 Å². The van der Waals surface area contributed by atoms with E-state index in [-0.39, 0.29) is 12.5 Å². The van der Waals surface area contributed by atoms with Crippen LogP contribution in [0.15, 0.2) is 83.3 Å². The average Bonchev–Trinajstić information content (AvgIpc) is 2.76. The summed E-state index contributed by atoms with van der Waals surface area (Å²) in [6.07, 6.45) is 0. The molecule has 0 aromatic heterocycles. The quantitative estimate of drug-likeness (QED) is 0.388. The van der Waals surface area contributed by atoms with Gasteiger partial charge in [0.05, 0.1) is 11.0 Å². The van der Waals surface area contributed by atoms with E-state index >= 15 is 0 Å². The number of hydrogen-bond donors (Lipinski definition) is 1. The van der Waals surface area contributed by atoms with E-state index in [1.54, 1.807) is 0 Å². The van der Waals surface area contributed by atoms with Gasteiger partial charge in [0.15, 0.2) is 6.61 Å². The van der Waals surface area contributed by atoms with Gasteiger partial charge in [-0.3, -0.25) is 4.79 Å². The van der Waals surface area contributed by atoms with Crippen LogP contribution >= 0.6 is 15.9 Å². The van der Waals surface area contributed by atoms with Gasteiger partial charge in [-0.15, -0.1) is 0 Å². The van der Waals surface area contributed by atoms with Crippen LogP contribution in [0.3, 0.4) is 0 Å². The highest BCUT2D eigenvalue weighted by Crippen LogP contribution is 2.32. The van der Waals surface area contributed by atoms with Crippen molar-refractivity contribution in [2.24, 2.45) is 0 Å². The SMILES string of the molecule is O=C(COc1ccc2ccccc2c1Br)NCCOc1ccc2ccccc2c1. The number of benzene rings is 4. The molecule has 146 valence electrons. The summed E-state index contributed by atoms with van der Waals surface area (Å²) < 4.78 is 12.3. The predicted molar refractivity (Wildman–Crippen MR) is 120 cm³/mol. The molecular formula is C24H20BrNO3. The minimum atomic E-state index is -0.188. The largest absolute Gasteiger partial charge is 0.492 e. The van der Waals surface area contributed by atoms with Crippen molar-refractivity contribution in [1.29, 1.82) is 0 Å². The smallest absolute Gasteiger partial charge is 0.258 e. The van der Waals surface area contributed by atoms with Crippen molar-refractivity contribution in [3.05, 3.63) is 83.3 Å². The number of fused-ring (bicyclic) bond motifs is 2. The van der Waals surface area contributed by atoms with Gasteiger partial charge in [0.2, 0.25) is 0 Å². The zero-order valence-electron chi connectivity index (χ0n) is 15.7. The number of carbonyl (C=O) groups excluding carboxylic acids is 1. The predicted octanol–water partition coefficient (Wildman–Crippen LogP) is 5.33. The molecule has 29 heavy (non-hydrogen) atoms. The maximum Gasteiger partial charge on any atom is 0.258 e. The first kappa shape index (κ1) is 19.3. The fraction of sp³-hybridized carbons (Fsp3) is 0.125. The molecule has 4 nitrogen and oxygen atoms in total. The molecule has 0 fully saturated rings. The van der Waals surface area contributed by atoms with Gasteiger partial charge in [-0.2, -0.15) is 0 Å².